The van der Waals surface area contributed by atoms with Gasteiger partial charge in [0.2, 0.25) is 0 Å². The first-order valence-corrected chi connectivity index (χ1v) is 8.51. The minimum atomic E-state index is 0.242. The van der Waals surface area contributed by atoms with Crippen molar-refractivity contribution in [1.82, 2.24) is 25.1 Å². The highest BCUT2D eigenvalue weighted by Crippen LogP contribution is 2.29. The van der Waals surface area contributed by atoms with E-state index in [-0.39, 0.29) is 6.04 Å². The summed E-state index contributed by atoms with van der Waals surface area (Å²) in [5.41, 5.74) is 2.33. The summed E-state index contributed by atoms with van der Waals surface area (Å²) in [5, 5.41) is 12.0. The lowest BCUT2D eigenvalue weighted by Gasteiger charge is -2.30. The third kappa shape index (κ3) is 3.07. The number of rotatable bonds is 5. The van der Waals surface area contributed by atoms with E-state index < -0.39 is 0 Å². The lowest BCUT2D eigenvalue weighted by molar-refractivity contribution is 0.0518. The molecule has 2 aromatic heterocycles. The molecule has 1 aromatic carbocycles. The minimum absolute atomic E-state index is 0.242. The van der Waals surface area contributed by atoms with Crippen LogP contribution in [0.15, 0.2) is 36.8 Å². The molecule has 3 heterocycles. The van der Waals surface area contributed by atoms with Crippen LogP contribution in [-0.4, -0.2) is 33.0 Å². The lowest BCUT2D eigenvalue weighted by atomic mass is 9.91. The van der Waals surface area contributed by atoms with Gasteiger partial charge in [-0.3, -0.25) is 5.10 Å². The van der Waals surface area contributed by atoms with Crippen LogP contribution in [0.25, 0.3) is 10.9 Å². The molecule has 0 bridgehead atoms. The molecule has 6 heteroatoms. The quantitative estimate of drug-likeness (QED) is 0.756. The first-order valence-electron chi connectivity index (χ1n) is 8.51. The highest BCUT2D eigenvalue weighted by Gasteiger charge is 2.27. The third-order valence-corrected chi connectivity index (χ3v) is 4.91. The fourth-order valence-corrected chi connectivity index (χ4v) is 3.52. The number of nitrogens with zero attached hydrogens (tertiary/aromatic N) is 3. The van der Waals surface area contributed by atoms with Crippen LogP contribution in [0.5, 0.6) is 0 Å². The molecule has 4 rings (SSSR count). The predicted molar refractivity (Wildman–Crippen MR) is 92.4 cm³/mol. The summed E-state index contributed by atoms with van der Waals surface area (Å²) >= 11 is 0. The summed E-state index contributed by atoms with van der Waals surface area (Å²) in [4.78, 5) is 4.59. The second-order valence-corrected chi connectivity index (χ2v) is 6.50. The van der Waals surface area contributed by atoms with Gasteiger partial charge in [-0.1, -0.05) is 12.1 Å². The number of imidazole rings is 1. The second kappa shape index (κ2) is 6.75. The van der Waals surface area contributed by atoms with E-state index in [9.17, 15) is 0 Å². The van der Waals surface area contributed by atoms with Crippen molar-refractivity contribution in [2.24, 2.45) is 13.0 Å². The molecular formula is C18H23N5O. The molecule has 6 nitrogen and oxygen atoms in total. The number of aromatic nitrogens is 4. The molecule has 2 N–H and O–H groups in total. The van der Waals surface area contributed by atoms with E-state index >= 15 is 0 Å². The van der Waals surface area contributed by atoms with Crippen molar-refractivity contribution in [3.63, 3.8) is 0 Å². The molecule has 24 heavy (non-hydrogen) atoms. The fraction of sp³-hybridized carbons (Fsp3) is 0.444. The fourth-order valence-electron chi connectivity index (χ4n) is 3.52. The third-order valence-electron chi connectivity index (χ3n) is 4.91. The number of H-pyrrole nitrogens is 1. The minimum Gasteiger partial charge on any atom is -0.381 e. The van der Waals surface area contributed by atoms with Gasteiger partial charge in [0.25, 0.3) is 0 Å². The van der Waals surface area contributed by atoms with Crippen LogP contribution in [0.3, 0.4) is 0 Å². The summed E-state index contributed by atoms with van der Waals surface area (Å²) in [6.45, 7) is 2.49. The zero-order valence-electron chi connectivity index (χ0n) is 13.9. The van der Waals surface area contributed by atoms with Crippen molar-refractivity contribution in [2.75, 3.05) is 13.2 Å². The molecule has 0 amide bonds. The zero-order valence-corrected chi connectivity index (χ0v) is 13.9. The van der Waals surface area contributed by atoms with E-state index in [1.54, 1.807) is 0 Å². The highest BCUT2D eigenvalue weighted by molar-refractivity contribution is 5.78. The average Bonchev–Trinajstić information content (AvgIpc) is 3.25. The van der Waals surface area contributed by atoms with E-state index in [1.165, 1.54) is 5.56 Å². The van der Waals surface area contributed by atoms with Gasteiger partial charge in [-0.15, -0.1) is 0 Å². The van der Waals surface area contributed by atoms with Crippen LogP contribution in [-0.2, 0) is 18.3 Å². The molecule has 0 spiro atoms. The number of benzene rings is 1. The number of aryl methyl sites for hydroxylation is 1. The largest absolute Gasteiger partial charge is 0.381 e. The summed E-state index contributed by atoms with van der Waals surface area (Å²) < 4.78 is 7.65. The Kier molecular flexibility index (Phi) is 4.32. The summed E-state index contributed by atoms with van der Waals surface area (Å²) in [7, 11) is 2.06. The lowest BCUT2D eigenvalue weighted by Crippen LogP contribution is -2.33. The van der Waals surface area contributed by atoms with Gasteiger partial charge in [0.1, 0.15) is 5.82 Å². The Bertz CT molecular complexity index is 802. The van der Waals surface area contributed by atoms with Gasteiger partial charge in [0.05, 0.1) is 17.8 Å². The summed E-state index contributed by atoms with van der Waals surface area (Å²) in [6.07, 6.45) is 7.89. The van der Waals surface area contributed by atoms with E-state index in [2.05, 4.69) is 50.3 Å². The van der Waals surface area contributed by atoms with E-state index in [0.29, 0.717) is 5.92 Å². The van der Waals surface area contributed by atoms with Crippen molar-refractivity contribution in [2.45, 2.75) is 25.4 Å². The van der Waals surface area contributed by atoms with E-state index in [1.807, 2.05) is 18.6 Å². The average molecular weight is 325 g/mol. The molecule has 0 radical (unpaired) electrons. The molecule has 1 saturated heterocycles. The number of ether oxygens (including phenoxy) is 1. The monoisotopic (exact) mass is 325 g/mol. The molecule has 3 aromatic rings. The topological polar surface area (TPSA) is 67.8 Å². The van der Waals surface area contributed by atoms with Gasteiger partial charge in [0.15, 0.2) is 0 Å². The van der Waals surface area contributed by atoms with Crippen molar-refractivity contribution in [1.29, 1.82) is 0 Å². The Hall–Kier alpha value is -2.18. The smallest absolute Gasteiger partial charge is 0.125 e. The molecule has 0 unspecified atom stereocenters. The summed E-state index contributed by atoms with van der Waals surface area (Å²) in [6, 6.07) is 6.67. The molecule has 0 saturated carbocycles. The highest BCUT2D eigenvalue weighted by atomic mass is 16.5. The number of hydrogen-bond donors (Lipinski definition) is 2. The maximum Gasteiger partial charge on any atom is 0.125 e. The molecule has 126 valence electrons. The SMILES string of the molecule is Cn1ccnc1[C@H](NCc1ccc2cn[nH]c2c1)C1CCOCC1. The Balaban J connectivity index is 1.53. The van der Waals surface area contributed by atoms with Gasteiger partial charge >= 0.3 is 0 Å². The Morgan fingerprint density at radius 3 is 3.04 bits per heavy atom. The van der Waals surface area contributed by atoms with Crippen LogP contribution in [0.1, 0.15) is 30.3 Å². The van der Waals surface area contributed by atoms with Crippen LogP contribution in [0, 0.1) is 5.92 Å². The number of aromatic amines is 1. The molecule has 1 atom stereocenters. The van der Waals surface area contributed by atoms with Crippen molar-refractivity contribution < 1.29 is 4.74 Å². The predicted octanol–water partition coefficient (Wildman–Crippen LogP) is 2.55. The van der Waals surface area contributed by atoms with Gasteiger partial charge in [-0.2, -0.15) is 5.10 Å². The van der Waals surface area contributed by atoms with Gasteiger partial charge in [-0.25, -0.2) is 4.98 Å². The van der Waals surface area contributed by atoms with E-state index in [0.717, 1.165) is 49.3 Å². The van der Waals surface area contributed by atoms with Crippen LogP contribution in [0.4, 0.5) is 0 Å². The van der Waals surface area contributed by atoms with Gasteiger partial charge in [-0.05, 0) is 30.4 Å². The number of hydrogen-bond acceptors (Lipinski definition) is 4. The molecular weight excluding hydrogens is 302 g/mol. The standard InChI is InChI=1S/C18H23N5O/c1-23-7-6-19-18(23)17(14-4-8-24-9-5-14)20-11-13-2-3-15-12-21-22-16(15)10-13/h2-3,6-7,10,12,14,17,20H,4-5,8-9,11H2,1H3,(H,21,22)/t17-/m1/s1. The van der Waals surface area contributed by atoms with Crippen LogP contribution >= 0.6 is 0 Å². The normalized spacial score (nSPS) is 17.4. The summed E-state index contributed by atoms with van der Waals surface area (Å²) in [5.74, 6) is 1.65. The van der Waals surface area contributed by atoms with Gasteiger partial charge < -0.3 is 14.6 Å². The molecule has 1 aliphatic heterocycles. The van der Waals surface area contributed by atoms with Crippen molar-refractivity contribution in [3.05, 3.63) is 48.2 Å². The molecule has 1 aliphatic rings. The second-order valence-electron chi connectivity index (χ2n) is 6.50. The van der Waals surface area contributed by atoms with Crippen molar-refractivity contribution in [3.8, 4) is 0 Å². The molecule has 1 fully saturated rings. The molecule has 0 aliphatic carbocycles. The first-order chi connectivity index (χ1) is 11.8. The zero-order chi connectivity index (χ0) is 16.4. The Labute approximate surface area is 141 Å². The van der Waals surface area contributed by atoms with Gasteiger partial charge in [0, 0.05) is 44.6 Å². The Morgan fingerprint density at radius 1 is 1.38 bits per heavy atom. The van der Waals surface area contributed by atoms with Crippen LogP contribution in [0.2, 0.25) is 0 Å². The maximum absolute atomic E-state index is 5.53. The number of fused-ring (bicyclic) bond motifs is 1. The maximum atomic E-state index is 5.53. The van der Waals surface area contributed by atoms with Crippen LogP contribution < -0.4 is 5.32 Å². The first kappa shape index (κ1) is 15.4. The Morgan fingerprint density at radius 2 is 2.25 bits per heavy atom. The van der Waals surface area contributed by atoms with E-state index in [4.69, 9.17) is 4.74 Å². The number of nitrogens with one attached hydrogen (secondary N) is 2. The van der Waals surface area contributed by atoms with Crippen molar-refractivity contribution >= 4 is 10.9 Å².